The van der Waals surface area contributed by atoms with Crippen LogP contribution in [0.2, 0.25) is 0 Å². The van der Waals surface area contributed by atoms with Gasteiger partial charge >= 0.3 is 0 Å². The topological polar surface area (TPSA) is 17.1 Å². The maximum atomic E-state index is 10.7. The molecular formula is C13H18O. The van der Waals surface area contributed by atoms with Gasteiger partial charge in [-0.2, -0.15) is 0 Å². The van der Waals surface area contributed by atoms with Crippen molar-refractivity contribution in [2.45, 2.75) is 27.2 Å². The van der Waals surface area contributed by atoms with Crippen LogP contribution in [0.3, 0.4) is 0 Å². The van der Waals surface area contributed by atoms with Crippen LogP contribution >= 0.6 is 0 Å². The zero-order valence-corrected chi connectivity index (χ0v) is 9.16. The molecule has 0 heterocycles. The monoisotopic (exact) mass is 190 g/mol. The van der Waals surface area contributed by atoms with E-state index in [0.29, 0.717) is 0 Å². The van der Waals surface area contributed by atoms with Gasteiger partial charge in [-0.25, -0.2) is 0 Å². The van der Waals surface area contributed by atoms with Gasteiger partial charge in [0.2, 0.25) is 0 Å². The molecule has 0 amide bonds. The summed E-state index contributed by atoms with van der Waals surface area (Å²) in [6, 6.07) is 0. The summed E-state index contributed by atoms with van der Waals surface area (Å²) < 4.78 is 0. The minimum atomic E-state index is 0.0712. The summed E-state index contributed by atoms with van der Waals surface area (Å²) >= 11 is 0. The molecule has 0 aromatic carbocycles. The molecule has 0 aliphatic heterocycles. The van der Waals surface area contributed by atoms with Gasteiger partial charge in [0, 0.05) is 0 Å². The van der Waals surface area contributed by atoms with Crippen molar-refractivity contribution in [3.63, 3.8) is 0 Å². The number of hydrogen-bond donors (Lipinski definition) is 0. The maximum absolute atomic E-state index is 10.7. The molecule has 0 bridgehead atoms. The number of allylic oxidation sites excluding steroid dienone is 8. The van der Waals surface area contributed by atoms with Gasteiger partial charge in [-0.3, -0.25) is 4.79 Å². The predicted octanol–water partition coefficient (Wildman–Crippen LogP) is 3.60. The van der Waals surface area contributed by atoms with Crippen LogP contribution in [0.4, 0.5) is 0 Å². The average molecular weight is 190 g/mol. The SMILES string of the molecule is C/C=C(/C=C\C=C/CC)\C=C\C(C)=O. The van der Waals surface area contributed by atoms with Crippen molar-refractivity contribution in [2.75, 3.05) is 0 Å². The molecular weight excluding hydrogens is 172 g/mol. The molecule has 0 aliphatic carbocycles. The molecule has 0 aromatic heterocycles. The van der Waals surface area contributed by atoms with Crippen molar-refractivity contribution >= 4 is 5.78 Å². The number of rotatable bonds is 5. The van der Waals surface area contributed by atoms with Crippen molar-refractivity contribution in [2.24, 2.45) is 0 Å². The molecule has 0 N–H and O–H groups in total. The molecule has 0 aromatic rings. The molecule has 0 fully saturated rings. The highest BCUT2D eigenvalue weighted by Gasteiger charge is 1.84. The second-order valence-corrected chi connectivity index (χ2v) is 2.93. The highest BCUT2D eigenvalue weighted by atomic mass is 16.1. The number of carbonyl (C=O) groups is 1. The fourth-order valence-corrected chi connectivity index (χ4v) is 0.843. The van der Waals surface area contributed by atoms with Crippen molar-refractivity contribution in [1.29, 1.82) is 0 Å². The maximum Gasteiger partial charge on any atom is 0.152 e. The van der Waals surface area contributed by atoms with E-state index < -0.39 is 0 Å². The Labute approximate surface area is 86.5 Å². The molecule has 0 spiro atoms. The Morgan fingerprint density at radius 3 is 2.36 bits per heavy atom. The van der Waals surface area contributed by atoms with Gasteiger partial charge in [0.25, 0.3) is 0 Å². The van der Waals surface area contributed by atoms with Crippen LogP contribution in [0.5, 0.6) is 0 Å². The summed E-state index contributed by atoms with van der Waals surface area (Å²) in [6.07, 6.45) is 14.4. The zero-order chi connectivity index (χ0) is 10.8. The Balaban J connectivity index is 4.25. The Kier molecular flexibility index (Phi) is 7.43. The lowest BCUT2D eigenvalue weighted by Gasteiger charge is -1.89. The van der Waals surface area contributed by atoms with Crippen LogP contribution in [0.15, 0.2) is 48.1 Å². The van der Waals surface area contributed by atoms with Crippen LogP contribution in [0.1, 0.15) is 27.2 Å². The first-order chi connectivity index (χ1) is 6.70. The van der Waals surface area contributed by atoms with E-state index in [1.165, 1.54) is 0 Å². The third kappa shape index (κ3) is 7.29. The molecule has 1 heteroatoms. The van der Waals surface area contributed by atoms with E-state index in [1.54, 1.807) is 13.0 Å². The van der Waals surface area contributed by atoms with E-state index in [1.807, 2.05) is 37.3 Å². The van der Waals surface area contributed by atoms with Gasteiger partial charge in [-0.15, -0.1) is 0 Å². The Morgan fingerprint density at radius 1 is 1.14 bits per heavy atom. The molecule has 14 heavy (non-hydrogen) atoms. The smallest absolute Gasteiger partial charge is 0.152 e. The van der Waals surface area contributed by atoms with E-state index in [0.717, 1.165) is 12.0 Å². The van der Waals surface area contributed by atoms with Crippen LogP contribution in [0.25, 0.3) is 0 Å². The fourth-order valence-electron chi connectivity index (χ4n) is 0.843. The van der Waals surface area contributed by atoms with Gasteiger partial charge in [0.1, 0.15) is 0 Å². The molecule has 0 unspecified atom stereocenters. The molecule has 0 atom stereocenters. The lowest BCUT2D eigenvalue weighted by Crippen LogP contribution is -1.80. The molecule has 0 saturated heterocycles. The number of ketones is 1. The van der Waals surface area contributed by atoms with Crippen LogP contribution < -0.4 is 0 Å². The molecule has 76 valence electrons. The second-order valence-electron chi connectivity index (χ2n) is 2.93. The van der Waals surface area contributed by atoms with E-state index in [-0.39, 0.29) is 5.78 Å². The third-order valence-corrected chi connectivity index (χ3v) is 1.62. The third-order valence-electron chi connectivity index (χ3n) is 1.62. The summed E-state index contributed by atoms with van der Waals surface area (Å²) in [5, 5.41) is 0. The molecule has 0 aliphatic rings. The minimum absolute atomic E-state index is 0.0712. The summed E-state index contributed by atoms with van der Waals surface area (Å²) in [6.45, 7) is 5.59. The van der Waals surface area contributed by atoms with Gasteiger partial charge in [0.05, 0.1) is 0 Å². The number of carbonyl (C=O) groups excluding carboxylic acids is 1. The van der Waals surface area contributed by atoms with E-state index >= 15 is 0 Å². The zero-order valence-electron chi connectivity index (χ0n) is 9.16. The first-order valence-electron chi connectivity index (χ1n) is 4.88. The van der Waals surface area contributed by atoms with E-state index in [2.05, 4.69) is 13.0 Å². The van der Waals surface area contributed by atoms with Crippen molar-refractivity contribution in [3.05, 3.63) is 48.1 Å². The Bertz CT molecular complexity index is 278. The lowest BCUT2D eigenvalue weighted by molar-refractivity contribution is -0.112. The standard InChI is InChI=1S/C13H18O/c1-4-6-7-8-9-13(5-2)11-10-12(3)14/h5-11H,4H2,1-3H3/b7-6-,9-8-,11-10+,13-5-. The van der Waals surface area contributed by atoms with Gasteiger partial charge in [0.15, 0.2) is 5.78 Å². The molecule has 0 rings (SSSR count). The molecule has 0 radical (unpaired) electrons. The van der Waals surface area contributed by atoms with Crippen LogP contribution in [-0.4, -0.2) is 5.78 Å². The van der Waals surface area contributed by atoms with E-state index in [9.17, 15) is 4.79 Å². The summed E-state index contributed by atoms with van der Waals surface area (Å²) in [5.74, 6) is 0.0712. The normalized spacial score (nSPS) is 13.5. The Morgan fingerprint density at radius 2 is 1.86 bits per heavy atom. The summed E-state index contributed by atoms with van der Waals surface area (Å²) in [7, 11) is 0. The number of hydrogen-bond acceptors (Lipinski definition) is 1. The minimum Gasteiger partial charge on any atom is -0.295 e. The first-order valence-corrected chi connectivity index (χ1v) is 4.88. The highest BCUT2D eigenvalue weighted by molar-refractivity contribution is 5.87. The quantitative estimate of drug-likeness (QED) is 0.478. The average Bonchev–Trinajstić information content (AvgIpc) is 2.16. The molecule has 1 nitrogen and oxygen atoms in total. The summed E-state index contributed by atoms with van der Waals surface area (Å²) in [5.41, 5.74) is 1.04. The second kappa shape index (κ2) is 8.24. The van der Waals surface area contributed by atoms with E-state index in [4.69, 9.17) is 0 Å². The Hall–Kier alpha value is -1.37. The summed E-state index contributed by atoms with van der Waals surface area (Å²) in [4.78, 5) is 10.7. The van der Waals surface area contributed by atoms with Crippen molar-refractivity contribution < 1.29 is 4.79 Å². The van der Waals surface area contributed by atoms with Gasteiger partial charge < -0.3 is 0 Å². The van der Waals surface area contributed by atoms with Crippen molar-refractivity contribution in [3.8, 4) is 0 Å². The van der Waals surface area contributed by atoms with Crippen LogP contribution in [-0.2, 0) is 4.79 Å². The van der Waals surface area contributed by atoms with Gasteiger partial charge in [-0.05, 0) is 31.9 Å². The lowest BCUT2D eigenvalue weighted by atomic mass is 10.2. The van der Waals surface area contributed by atoms with Crippen LogP contribution in [0, 0.1) is 0 Å². The van der Waals surface area contributed by atoms with Gasteiger partial charge in [-0.1, -0.05) is 43.4 Å². The predicted molar refractivity (Wildman–Crippen MR) is 62.1 cm³/mol. The largest absolute Gasteiger partial charge is 0.295 e. The molecule has 0 saturated carbocycles. The first kappa shape index (κ1) is 12.6. The fraction of sp³-hybridized carbons (Fsp3) is 0.308. The van der Waals surface area contributed by atoms with Crippen molar-refractivity contribution in [1.82, 2.24) is 0 Å². The highest BCUT2D eigenvalue weighted by Crippen LogP contribution is 1.99.